The van der Waals surface area contributed by atoms with Crippen LogP contribution in [-0.2, 0) is 0 Å². The van der Waals surface area contributed by atoms with Gasteiger partial charge in [-0.1, -0.05) is 47.5 Å². The van der Waals surface area contributed by atoms with Crippen molar-refractivity contribution in [2.24, 2.45) is 0 Å². The number of ketones is 1. The molecule has 1 unspecified atom stereocenters. The number of nitriles is 1. The van der Waals surface area contributed by atoms with Crippen LogP contribution in [0.15, 0.2) is 42.5 Å². The van der Waals surface area contributed by atoms with Crippen LogP contribution in [0.5, 0.6) is 0 Å². The maximum absolute atomic E-state index is 13.7. The molecule has 2 nitrogen and oxygen atoms in total. The molecule has 0 aliphatic rings. The summed E-state index contributed by atoms with van der Waals surface area (Å²) in [5.74, 6) is -2.52. The van der Waals surface area contributed by atoms with Crippen LogP contribution in [0, 0.1) is 17.1 Å². The van der Waals surface area contributed by atoms with Crippen LogP contribution in [-0.4, -0.2) is 5.78 Å². The van der Waals surface area contributed by atoms with Gasteiger partial charge in [0.25, 0.3) is 0 Å². The summed E-state index contributed by atoms with van der Waals surface area (Å²) in [7, 11) is 0. The van der Waals surface area contributed by atoms with E-state index in [2.05, 4.69) is 0 Å². The van der Waals surface area contributed by atoms with Gasteiger partial charge in [-0.15, -0.1) is 0 Å². The van der Waals surface area contributed by atoms with E-state index >= 15 is 0 Å². The standard InChI is InChI=1S/C15H8Cl2FNO/c16-11-5-3-6-12(17)14(11)15(20)10(8-19)9-4-1-2-7-13(9)18/h1-7,10H. The first-order valence-electron chi connectivity index (χ1n) is 5.68. The van der Waals surface area contributed by atoms with Crippen LogP contribution in [0.4, 0.5) is 4.39 Å². The molecule has 20 heavy (non-hydrogen) atoms. The molecule has 0 heterocycles. The first kappa shape index (κ1) is 14.5. The van der Waals surface area contributed by atoms with Crippen LogP contribution in [0.1, 0.15) is 21.8 Å². The molecule has 0 amide bonds. The number of rotatable bonds is 3. The summed E-state index contributed by atoms with van der Waals surface area (Å²) in [5, 5.41) is 9.47. The van der Waals surface area contributed by atoms with Crippen molar-refractivity contribution in [2.75, 3.05) is 0 Å². The van der Waals surface area contributed by atoms with Gasteiger partial charge in [-0.05, 0) is 18.2 Å². The lowest BCUT2D eigenvalue weighted by molar-refractivity contribution is 0.0978. The maximum atomic E-state index is 13.7. The van der Waals surface area contributed by atoms with Crippen molar-refractivity contribution < 1.29 is 9.18 Å². The third kappa shape index (κ3) is 2.67. The van der Waals surface area contributed by atoms with E-state index in [1.807, 2.05) is 0 Å². The SMILES string of the molecule is N#CC(C(=O)c1c(Cl)cccc1Cl)c1ccccc1F. The summed E-state index contributed by atoms with van der Waals surface area (Å²) >= 11 is 11.9. The van der Waals surface area contributed by atoms with E-state index in [0.29, 0.717) is 0 Å². The molecular formula is C15H8Cl2FNO. The van der Waals surface area contributed by atoms with Crippen molar-refractivity contribution in [3.63, 3.8) is 0 Å². The van der Waals surface area contributed by atoms with E-state index in [4.69, 9.17) is 23.2 Å². The van der Waals surface area contributed by atoms with Crippen molar-refractivity contribution in [1.29, 1.82) is 5.26 Å². The molecule has 0 aliphatic carbocycles. The fourth-order valence-electron chi connectivity index (χ4n) is 1.86. The second-order valence-corrected chi connectivity index (χ2v) is 4.86. The van der Waals surface area contributed by atoms with Crippen molar-refractivity contribution in [3.8, 4) is 6.07 Å². The van der Waals surface area contributed by atoms with Gasteiger partial charge >= 0.3 is 0 Å². The molecule has 2 aromatic carbocycles. The molecule has 0 N–H and O–H groups in total. The molecule has 0 aromatic heterocycles. The largest absolute Gasteiger partial charge is 0.292 e. The maximum Gasteiger partial charge on any atom is 0.187 e. The van der Waals surface area contributed by atoms with E-state index in [9.17, 15) is 14.4 Å². The Morgan fingerprint density at radius 3 is 2.25 bits per heavy atom. The van der Waals surface area contributed by atoms with Crippen LogP contribution in [0.3, 0.4) is 0 Å². The molecule has 0 fully saturated rings. The Bertz CT molecular complexity index is 689. The number of carbonyl (C=O) groups is 1. The third-order valence-corrected chi connectivity index (χ3v) is 3.45. The molecule has 2 rings (SSSR count). The lowest BCUT2D eigenvalue weighted by Gasteiger charge is -2.12. The van der Waals surface area contributed by atoms with Crippen LogP contribution in [0.25, 0.3) is 0 Å². The Balaban J connectivity index is 2.52. The summed E-state index contributed by atoms with van der Waals surface area (Å²) in [5.41, 5.74) is 0.0432. The average Bonchev–Trinajstić information content (AvgIpc) is 2.41. The summed E-state index contributed by atoms with van der Waals surface area (Å²) in [6.07, 6.45) is 0. The minimum absolute atomic E-state index is 0.0102. The zero-order chi connectivity index (χ0) is 14.7. The number of nitrogens with zero attached hydrogens (tertiary/aromatic N) is 1. The molecule has 0 saturated carbocycles. The monoisotopic (exact) mass is 307 g/mol. The summed E-state index contributed by atoms with van der Waals surface area (Å²) < 4.78 is 13.7. The molecule has 0 aliphatic heterocycles. The van der Waals surface area contributed by atoms with Crippen molar-refractivity contribution >= 4 is 29.0 Å². The van der Waals surface area contributed by atoms with E-state index in [-0.39, 0.29) is 21.2 Å². The fourth-order valence-corrected chi connectivity index (χ4v) is 2.44. The first-order chi connectivity index (χ1) is 9.56. The fraction of sp³-hybridized carbons (Fsp3) is 0.0667. The second kappa shape index (κ2) is 6.04. The quantitative estimate of drug-likeness (QED) is 0.776. The first-order valence-corrected chi connectivity index (χ1v) is 6.44. The highest BCUT2D eigenvalue weighted by Gasteiger charge is 2.27. The highest BCUT2D eigenvalue weighted by atomic mass is 35.5. The Morgan fingerprint density at radius 2 is 1.70 bits per heavy atom. The van der Waals surface area contributed by atoms with E-state index < -0.39 is 17.5 Å². The van der Waals surface area contributed by atoms with Crippen molar-refractivity contribution in [2.45, 2.75) is 5.92 Å². The molecule has 0 spiro atoms. The van der Waals surface area contributed by atoms with Gasteiger partial charge in [-0.2, -0.15) is 5.26 Å². The molecule has 100 valence electrons. The van der Waals surface area contributed by atoms with Crippen molar-refractivity contribution in [3.05, 3.63) is 69.5 Å². The highest BCUT2D eigenvalue weighted by molar-refractivity contribution is 6.40. The second-order valence-electron chi connectivity index (χ2n) is 4.04. The van der Waals surface area contributed by atoms with Crippen LogP contribution < -0.4 is 0 Å². The Morgan fingerprint density at radius 1 is 1.10 bits per heavy atom. The van der Waals surface area contributed by atoms with Gasteiger partial charge in [0, 0.05) is 5.56 Å². The average molecular weight is 308 g/mol. The zero-order valence-corrected chi connectivity index (χ0v) is 11.6. The molecule has 0 saturated heterocycles. The molecular weight excluding hydrogens is 300 g/mol. The molecule has 1 atom stereocenters. The number of halogens is 3. The number of hydrogen-bond donors (Lipinski definition) is 0. The van der Waals surface area contributed by atoms with E-state index in [1.54, 1.807) is 18.2 Å². The zero-order valence-electron chi connectivity index (χ0n) is 10.1. The van der Waals surface area contributed by atoms with Crippen molar-refractivity contribution in [1.82, 2.24) is 0 Å². The normalized spacial score (nSPS) is 11.7. The predicted octanol–water partition coefficient (Wildman–Crippen LogP) is 4.62. The summed E-state index contributed by atoms with van der Waals surface area (Å²) in [6, 6.07) is 12.0. The van der Waals surface area contributed by atoms with Gasteiger partial charge in [0.15, 0.2) is 5.78 Å². The Kier molecular flexibility index (Phi) is 4.39. The number of benzene rings is 2. The minimum Gasteiger partial charge on any atom is -0.292 e. The molecule has 0 radical (unpaired) electrons. The number of carbonyl (C=O) groups excluding carboxylic acids is 1. The molecule has 2 aromatic rings. The van der Waals surface area contributed by atoms with Gasteiger partial charge in [-0.3, -0.25) is 4.79 Å². The molecule has 0 bridgehead atoms. The third-order valence-electron chi connectivity index (χ3n) is 2.82. The minimum atomic E-state index is -1.28. The van der Waals surface area contributed by atoms with E-state index in [1.165, 1.54) is 30.3 Å². The Labute approximate surface area is 125 Å². The van der Waals surface area contributed by atoms with Crippen LogP contribution >= 0.6 is 23.2 Å². The topological polar surface area (TPSA) is 40.9 Å². The van der Waals surface area contributed by atoms with Crippen LogP contribution in [0.2, 0.25) is 10.0 Å². The van der Waals surface area contributed by atoms with Gasteiger partial charge in [-0.25, -0.2) is 4.39 Å². The van der Waals surface area contributed by atoms with Gasteiger partial charge < -0.3 is 0 Å². The summed E-state index contributed by atoms with van der Waals surface area (Å²) in [4.78, 5) is 12.4. The van der Waals surface area contributed by atoms with E-state index in [0.717, 1.165) is 0 Å². The summed E-state index contributed by atoms with van der Waals surface area (Å²) in [6.45, 7) is 0. The lowest BCUT2D eigenvalue weighted by Crippen LogP contribution is -2.13. The molecule has 5 heteroatoms. The number of Topliss-reactive ketones (excluding diaryl/α,β-unsaturated/α-hetero) is 1. The van der Waals surface area contributed by atoms with Gasteiger partial charge in [0.05, 0.1) is 21.7 Å². The smallest absolute Gasteiger partial charge is 0.187 e. The highest BCUT2D eigenvalue weighted by Crippen LogP contribution is 2.31. The Hall–Kier alpha value is -1.89. The van der Waals surface area contributed by atoms with Gasteiger partial charge in [0.2, 0.25) is 0 Å². The van der Waals surface area contributed by atoms with Gasteiger partial charge in [0.1, 0.15) is 11.7 Å². The number of hydrogen-bond acceptors (Lipinski definition) is 2. The predicted molar refractivity (Wildman–Crippen MR) is 75.5 cm³/mol. The lowest BCUT2D eigenvalue weighted by atomic mass is 9.91.